The summed E-state index contributed by atoms with van der Waals surface area (Å²) in [4.78, 5) is 25.8. The Morgan fingerprint density at radius 2 is 1.84 bits per heavy atom. The number of hydrogen-bond donors (Lipinski definition) is 0. The molecule has 3 rings (SSSR count). The van der Waals surface area contributed by atoms with Crippen LogP contribution in [0.4, 0.5) is 5.69 Å². The van der Waals surface area contributed by atoms with Gasteiger partial charge in [0.05, 0.1) is 17.9 Å². The predicted octanol–water partition coefficient (Wildman–Crippen LogP) is 4.35. The lowest BCUT2D eigenvalue weighted by atomic mass is 10.1. The molecule has 0 atom stereocenters. The molecule has 0 fully saturated rings. The number of carbonyl (C=O) groups is 2. The zero-order valence-electron chi connectivity index (χ0n) is 14.3. The van der Waals surface area contributed by atoms with E-state index in [1.165, 1.54) is 0 Å². The average Bonchev–Trinajstić information content (AvgIpc) is 2.82. The second kappa shape index (κ2) is 7.28. The van der Waals surface area contributed by atoms with E-state index in [-0.39, 0.29) is 0 Å². The lowest BCUT2D eigenvalue weighted by Gasteiger charge is -2.16. The van der Waals surface area contributed by atoms with Crippen LogP contribution in [0.1, 0.15) is 34.3 Å². The van der Waals surface area contributed by atoms with Crippen molar-refractivity contribution in [3.05, 3.63) is 58.1 Å². The maximum Gasteiger partial charge on any atom is 0.299 e. The number of fused-ring (bicyclic) bond motifs is 1. The van der Waals surface area contributed by atoms with Gasteiger partial charge in [-0.1, -0.05) is 23.2 Å². The van der Waals surface area contributed by atoms with Crippen LogP contribution in [0.5, 0.6) is 5.75 Å². The number of hydrogen-bond acceptors (Lipinski definition) is 3. The molecule has 0 aliphatic carbocycles. The normalized spacial score (nSPS) is 13.3. The van der Waals surface area contributed by atoms with E-state index in [1.54, 1.807) is 11.0 Å². The molecule has 0 unspecified atom stereocenters. The predicted molar refractivity (Wildman–Crippen MR) is 98.8 cm³/mol. The Morgan fingerprint density at radius 1 is 1.04 bits per heavy atom. The van der Waals surface area contributed by atoms with Crippen molar-refractivity contribution in [3.63, 3.8) is 0 Å². The maximum atomic E-state index is 12.2. The standard InChI is InChI=1S/C20H20ClNO3/c1-13-5-8-18-16(11-13)19(23)20(24)22(18)9-3-4-10-25-15-6-7-17(21)14(2)12-15/h5-8,11-12H,3-4,9-10H2,1-2H3. The number of Topliss-reactive ketones (excluding diaryl/α,β-unsaturated/α-hetero) is 1. The van der Waals surface area contributed by atoms with Gasteiger partial charge in [-0.05, 0) is 62.6 Å². The summed E-state index contributed by atoms with van der Waals surface area (Å²) < 4.78 is 5.71. The summed E-state index contributed by atoms with van der Waals surface area (Å²) in [7, 11) is 0. The number of halogens is 1. The second-order valence-corrected chi connectivity index (χ2v) is 6.68. The van der Waals surface area contributed by atoms with E-state index >= 15 is 0 Å². The number of nitrogens with zero attached hydrogens (tertiary/aromatic N) is 1. The summed E-state index contributed by atoms with van der Waals surface area (Å²) in [6.07, 6.45) is 1.56. The van der Waals surface area contributed by atoms with Crippen molar-refractivity contribution in [1.82, 2.24) is 0 Å². The second-order valence-electron chi connectivity index (χ2n) is 6.27. The van der Waals surface area contributed by atoms with Gasteiger partial charge in [0.25, 0.3) is 11.7 Å². The van der Waals surface area contributed by atoms with Crippen molar-refractivity contribution in [2.45, 2.75) is 26.7 Å². The quantitative estimate of drug-likeness (QED) is 0.570. The minimum absolute atomic E-state index is 0.411. The molecule has 1 aliphatic rings. The highest BCUT2D eigenvalue weighted by atomic mass is 35.5. The van der Waals surface area contributed by atoms with Gasteiger partial charge >= 0.3 is 0 Å². The van der Waals surface area contributed by atoms with Crippen LogP contribution < -0.4 is 9.64 Å². The zero-order chi connectivity index (χ0) is 18.0. The third kappa shape index (κ3) is 3.69. The van der Waals surface area contributed by atoms with Crippen LogP contribution in [-0.4, -0.2) is 24.8 Å². The molecule has 1 amide bonds. The number of anilines is 1. The van der Waals surface area contributed by atoms with Crippen molar-refractivity contribution in [2.75, 3.05) is 18.1 Å². The summed E-state index contributed by atoms with van der Waals surface area (Å²) in [6.45, 7) is 4.92. The fourth-order valence-electron chi connectivity index (χ4n) is 2.91. The van der Waals surface area contributed by atoms with Gasteiger partial charge in [-0.2, -0.15) is 0 Å². The summed E-state index contributed by atoms with van der Waals surface area (Å²) in [6, 6.07) is 11.1. The first-order valence-electron chi connectivity index (χ1n) is 8.33. The SMILES string of the molecule is Cc1ccc2c(c1)C(=O)C(=O)N2CCCCOc1ccc(Cl)c(C)c1. The van der Waals surface area contributed by atoms with Crippen LogP contribution in [0.15, 0.2) is 36.4 Å². The van der Waals surface area contributed by atoms with E-state index in [0.717, 1.165) is 40.4 Å². The smallest absolute Gasteiger partial charge is 0.299 e. The van der Waals surface area contributed by atoms with Gasteiger partial charge < -0.3 is 9.64 Å². The Morgan fingerprint density at radius 3 is 2.60 bits per heavy atom. The fraction of sp³-hybridized carbons (Fsp3) is 0.300. The van der Waals surface area contributed by atoms with Crippen molar-refractivity contribution >= 4 is 29.0 Å². The lowest BCUT2D eigenvalue weighted by molar-refractivity contribution is -0.114. The number of ether oxygens (including phenoxy) is 1. The van der Waals surface area contributed by atoms with E-state index in [0.29, 0.717) is 18.7 Å². The molecule has 2 aromatic rings. The monoisotopic (exact) mass is 357 g/mol. The van der Waals surface area contributed by atoms with Crippen LogP contribution in [0.3, 0.4) is 0 Å². The molecule has 0 radical (unpaired) electrons. The number of aryl methyl sites for hydroxylation is 2. The number of ketones is 1. The molecule has 4 nitrogen and oxygen atoms in total. The van der Waals surface area contributed by atoms with Crippen molar-refractivity contribution < 1.29 is 14.3 Å². The fourth-order valence-corrected chi connectivity index (χ4v) is 3.02. The molecule has 0 saturated carbocycles. The van der Waals surface area contributed by atoms with E-state index in [1.807, 2.05) is 44.2 Å². The summed E-state index contributed by atoms with van der Waals surface area (Å²) >= 11 is 5.99. The third-order valence-corrected chi connectivity index (χ3v) is 4.73. The summed E-state index contributed by atoms with van der Waals surface area (Å²) in [5, 5.41) is 0.721. The molecule has 130 valence electrons. The number of rotatable bonds is 6. The van der Waals surface area contributed by atoms with Gasteiger partial charge in [0.15, 0.2) is 0 Å². The van der Waals surface area contributed by atoms with Crippen LogP contribution in [0.25, 0.3) is 0 Å². The van der Waals surface area contributed by atoms with Gasteiger partial charge in [0.1, 0.15) is 5.75 Å². The molecule has 0 N–H and O–H groups in total. The molecule has 0 saturated heterocycles. The van der Waals surface area contributed by atoms with Gasteiger partial charge in [-0.3, -0.25) is 9.59 Å². The van der Waals surface area contributed by atoms with Crippen LogP contribution in [0, 0.1) is 13.8 Å². The van der Waals surface area contributed by atoms with Gasteiger partial charge in [-0.25, -0.2) is 0 Å². The highest BCUT2D eigenvalue weighted by molar-refractivity contribution is 6.52. The molecule has 5 heteroatoms. The maximum absolute atomic E-state index is 12.2. The molecular formula is C20H20ClNO3. The number of unbranched alkanes of at least 4 members (excludes halogenated alkanes) is 1. The molecular weight excluding hydrogens is 338 g/mol. The number of carbonyl (C=O) groups excluding carboxylic acids is 2. The third-order valence-electron chi connectivity index (χ3n) is 4.30. The van der Waals surface area contributed by atoms with E-state index in [9.17, 15) is 9.59 Å². The zero-order valence-corrected chi connectivity index (χ0v) is 15.1. The van der Waals surface area contributed by atoms with Crippen LogP contribution in [0.2, 0.25) is 5.02 Å². The van der Waals surface area contributed by atoms with Gasteiger partial charge in [0, 0.05) is 11.6 Å². The average molecular weight is 358 g/mol. The largest absolute Gasteiger partial charge is 0.494 e. The Bertz CT molecular complexity index is 832. The molecule has 0 bridgehead atoms. The Hall–Kier alpha value is -2.33. The topological polar surface area (TPSA) is 46.6 Å². The van der Waals surface area contributed by atoms with Crippen molar-refractivity contribution in [1.29, 1.82) is 0 Å². The van der Waals surface area contributed by atoms with Crippen LogP contribution >= 0.6 is 11.6 Å². The van der Waals surface area contributed by atoms with Gasteiger partial charge in [0.2, 0.25) is 0 Å². The van der Waals surface area contributed by atoms with E-state index in [2.05, 4.69) is 0 Å². The Labute approximate surface area is 152 Å². The minimum atomic E-state index is -0.435. The molecule has 1 heterocycles. The Balaban J connectivity index is 1.52. The van der Waals surface area contributed by atoms with Crippen LogP contribution in [-0.2, 0) is 4.79 Å². The van der Waals surface area contributed by atoms with E-state index in [4.69, 9.17) is 16.3 Å². The summed E-state index contributed by atoms with van der Waals surface area (Å²) in [5.74, 6) is -0.0587. The summed E-state index contributed by atoms with van der Waals surface area (Å²) in [5.41, 5.74) is 3.19. The lowest BCUT2D eigenvalue weighted by Crippen LogP contribution is -2.30. The van der Waals surface area contributed by atoms with Crippen molar-refractivity contribution in [3.8, 4) is 5.75 Å². The molecule has 0 spiro atoms. The van der Waals surface area contributed by atoms with Gasteiger partial charge in [-0.15, -0.1) is 0 Å². The first kappa shape index (κ1) is 17.5. The highest BCUT2D eigenvalue weighted by Crippen LogP contribution is 2.30. The highest BCUT2D eigenvalue weighted by Gasteiger charge is 2.35. The number of benzene rings is 2. The van der Waals surface area contributed by atoms with E-state index < -0.39 is 11.7 Å². The molecule has 2 aromatic carbocycles. The minimum Gasteiger partial charge on any atom is -0.494 e. The first-order valence-corrected chi connectivity index (χ1v) is 8.71. The Kier molecular flexibility index (Phi) is 5.09. The number of amides is 1. The first-order chi connectivity index (χ1) is 12.0. The molecule has 1 aliphatic heterocycles. The van der Waals surface area contributed by atoms with Crippen molar-refractivity contribution in [2.24, 2.45) is 0 Å². The molecule has 0 aromatic heterocycles. The molecule has 25 heavy (non-hydrogen) atoms.